The Hall–Kier alpha value is -2.14. The minimum absolute atomic E-state index is 0.221. The van der Waals surface area contributed by atoms with Crippen LogP contribution in [0.2, 0.25) is 0 Å². The number of hydrogen-bond acceptors (Lipinski definition) is 2. The Morgan fingerprint density at radius 2 is 0.833 bits per heavy atom. The molecule has 0 bridgehead atoms. The monoisotopic (exact) mass is 430 g/mol. The molecule has 0 spiro atoms. The second kappa shape index (κ2) is 9.34. The van der Waals surface area contributed by atoms with Gasteiger partial charge in [-0.15, -0.1) is 0 Å². The molecule has 0 saturated carbocycles. The van der Waals surface area contributed by atoms with Gasteiger partial charge in [0.25, 0.3) is 0 Å². The lowest BCUT2D eigenvalue weighted by Crippen LogP contribution is -2.37. The van der Waals surface area contributed by atoms with Gasteiger partial charge in [-0.3, -0.25) is 0 Å². The van der Waals surface area contributed by atoms with Gasteiger partial charge in [-0.25, -0.2) is 0 Å². The molecule has 152 valence electrons. The van der Waals surface area contributed by atoms with E-state index in [4.69, 9.17) is 0 Å². The molecule has 30 heavy (non-hydrogen) atoms. The first-order chi connectivity index (χ1) is 14.9. The molecular weight excluding hydrogens is 402 g/mol. The molecule has 3 aliphatic rings. The Morgan fingerprint density at radius 1 is 0.500 bits per heavy atom. The third-order valence-electron chi connectivity index (χ3n) is 5.95. The minimum atomic E-state index is -0.221. The van der Waals surface area contributed by atoms with Crippen molar-refractivity contribution in [1.82, 2.24) is 0 Å². The van der Waals surface area contributed by atoms with Crippen LogP contribution in [0.4, 0.5) is 11.4 Å². The van der Waals surface area contributed by atoms with Crippen LogP contribution in [-0.4, -0.2) is 36.5 Å². The number of hydrogen-bond donors (Lipinski definition) is 0. The maximum Gasteiger partial charge on any atom is 0.0405 e. The SMILES string of the molecule is C1=CC(P2CN(c3ccccc3)CP(C3C=CC=C3)CN(c3ccccc3)C2)C=C1. The Morgan fingerprint density at radius 3 is 1.17 bits per heavy atom. The molecule has 0 unspecified atom stereocenters. The van der Waals surface area contributed by atoms with Crippen molar-refractivity contribution < 1.29 is 0 Å². The maximum atomic E-state index is 2.69. The first-order valence-electron chi connectivity index (χ1n) is 10.6. The summed E-state index contributed by atoms with van der Waals surface area (Å²) in [6.45, 7) is 0. The summed E-state index contributed by atoms with van der Waals surface area (Å²) < 4.78 is 0. The highest BCUT2D eigenvalue weighted by Gasteiger charge is 2.31. The summed E-state index contributed by atoms with van der Waals surface area (Å²) in [5, 5.41) is 0. The van der Waals surface area contributed by atoms with Crippen LogP contribution in [0.15, 0.2) is 109 Å². The number of allylic oxidation sites excluding steroid dienone is 8. The van der Waals surface area contributed by atoms with Crippen LogP contribution >= 0.6 is 15.8 Å². The Balaban J connectivity index is 1.49. The smallest absolute Gasteiger partial charge is 0.0405 e. The molecule has 5 rings (SSSR count). The van der Waals surface area contributed by atoms with Crippen molar-refractivity contribution in [2.24, 2.45) is 0 Å². The lowest BCUT2D eigenvalue weighted by Gasteiger charge is -2.43. The molecule has 0 amide bonds. The number of rotatable bonds is 4. The normalized spacial score (nSPS) is 24.5. The summed E-state index contributed by atoms with van der Waals surface area (Å²) >= 11 is 0. The molecule has 1 fully saturated rings. The van der Waals surface area contributed by atoms with Gasteiger partial charge in [0, 0.05) is 47.8 Å². The van der Waals surface area contributed by atoms with Crippen LogP contribution in [0.3, 0.4) is 0 Å². The van der Waals surface area contributed by atoms with E-state index in [2.05, 4.69) is 119 Å². The zero-order valence-electron chi connectivity index (χ0n) is 17.2. The van der Waals surface area contributed by atoms with Gasteiger partial charge in [0.05, 0.1) is 0 Å². The molecule has 2 aromatic rings. The quantitative estimate of drug-likeness (QED) is 0.493. The predicted octanol–water partition coefficient (Wildman–Crippen LogP) is 6.80. The molecule has 2 nitrogen and oxygen atoms in total. The summed E-state index contributed by atoms with van der Waals surface area (Å²) in [6.07, 6.45) is 23.2. The highest BCUT2D eigenvalue weighted by Crippen LogP contribution is 2.54. The number of anilines is 2. The van der Waals surface area contributed by atoms with Gasteiger partial charge >= 0.3 is 0 Å². The second-order valence-corrected chi connectivity index (χ2v) is 12.7. The van der Waals surface area contributed by atoms with E-state index in [0.717, 1.165) is 25.1 Å². The van der Waals surface area contributed by atoms with Crippen LogP contribution in [0.25, 0.3) is 0 Å². The van der Waals surface area contributed by atoms with Crippen molar-refractivity contribution in [3.05, 3.63) is 109 Å². The fourth-order valence-corrected chi connectivity index (χ4v) is 9.79. The molecular formula is C26H28N2P2. The van der Waals surface area contributed by atoms with Crippen LogP contribution in [-0.2, 0) is 0 Å². The van der Waals surface area contributed by atoms with E-state index in [-0.39, 0.29) is 15.8 Å². The maximum absolute atomic E-state index is 2.69. The van der Waals surface area contributed by atoms with Gasteiger partial charge in [-0.1, -0.05) is 101 Å². The van der Waals surface area contributed by atoms with Gasteiger partial charge in [0.1, 0.15) is 0 Å². The summed E-state index contributed by atoms with van der Waals surface area (Å²) in [4.78, 5) is 5.39. The van der Waals surface area contributed by atoms with E-state index in [1.165, 1.54) is 11.4 Å². The van der Waals surface area contributed by atoms with Crippen molar-refractivity contribution in [3.63, 3.8) is 0 Å². The van der Waals surface area contributed by atoms with Gasteiger partial charge in [0.2, 0.25) is 0 Å². The predicted molar refractivity (Wildman–Crippen MR) is 135 cm³/mol. The highest BCUT2D eigenvalue weighted by atomic mass is 31.1. The second-order valence-electron chi connectivity index (χ2n) is 8.01. The third-order valence-corrected chi connectivity index (χ3v) is 11.1. The van der Waals surface area contributed by atoms with E-state index >= 15 is 0 Å². The topological polar surface area (TPSA) is 6.48 Å². The molecule has 2 aliphatic carbocycles. The minimum Gasteiger partial charge on any atom is -0.363 e. The average molecular weight is 430 g/mol. The van der Waals surface area contributed by atoms with Gasteiger partial charge < -0.3 is 9.80 Å². The fourth-order valence-electron chi connectivity index (χ4n) is 4.36. The van der Waals surface area contributed by atoms with Crippen molar-refractivity contribution >= 4 is 27.2 Å². The summed E-state index contributed by atoms with van der Waals surface area (Å²) in [5.74, 6) is 0. The Kier molecular flexibility index (Phi) is 6.16. The zero-order chi connectivity index (χ0) is 20.2. The van der Waals surface area contributed by atoms with E-state index in [9.17, 15) is 0 Å². The van der Waals surface area contributed by atoms with E-state index in [1.54, 1.807) is 0 Å². The van der Waals surface area contributed by atoms with E-state index in [0.29, 0.717) is 11.3 Å². The van der Waals surface area contributed by atoms with Crippen LogP contribution in [0.5, 0.6) is 0 Å². The molecule has 0 aromatic heterocycles. The zero-order valence-corrected chi connectivity index (χ0v) is 19.0. The van der Waals surface area contributed by atoms with Gasteiger partial charge in [0.15, 0.2) is 0 Å². The van der Waals surface area contributed by atoms with Gasteiger partial charge in [-0.05, 0) is 24.3 Å². The fraction of sp³-hybridized carbons (Fsp3) is 0.231. The van der Waals surface area contributed by atoms with Crippen molar-refractivity contribution in [3.8, 4) is 0 Å². The largest absolute Gasteiger partial charge is 0.363 e. The molecule has 1 aliphatic heterocycles. The standard InChI is InChI=1S/C26H28N2P2/c1-3-11-23(12-4-1)27-19-29(25-15-7-8-16-25)21-28(24-13-5-2-6-14-24)22-30(20-27)26-17-9-10-18-26/h1-18,25-26H,19-22H2. The number of benzene rings is 2. The van der Waals surface area contributed by atoms with Gasteiger partial charge in [-0.2, -0.15) is 0 Å². The lowest BCUT2D eigenvalue weighted by atomic mass is 10.3. The van der Waals surface area contributed by atoms with Crippen molar-refractivity contribution in [1.29, 1.82) is 0 Å². The highest BCUT2D eigenvalue weighted by molar-refractivity contribution is 7.61. The Bertz CT molecular complexity index is 836. The average Bonchev–Trinajstić information content (AvgIpc) is 3.50. The summed E-state index contributed by atoms with van der Waals surface area (Å²) in [6, 6.07) is 22.1. The van der Waals surface area contributed by atoms with Crippen molar-refractivity contribution in [2.75, 3.05) is 34.9 Å². The molecule has 0 radical (unpaired) electrons. The van der Waals surface area contributed by atoms with E-state index in [1.807, 2.05) is 0 Å². The van der Waals surface area contributed by atoms with Crippen LogP contribution in [0.1, 0.15) is 0 Å². The molecule has 4 heteroatoms. The lowest BCUT2D eigenvalue weighted by molar-refractivity contribution is 0.964. The molecule has 1 heterocycles. The summed E-state index contributed by atoms with van der Waals surface area (Å²) in [5.41, 5.74) is 3.91. The molecule has 0 N–H and O–H groups in total. The molecule has 0 atom stereocenters. The van der Waals surface area contributed by atoms with Crippen LogP contribution < -0.4 is 9.80 Å². The van der Waals surface area contributed by atoms with Crippen LogP contribution in [0, 0.1) is 0 Å². The van der Waals surface area contributed by atoms with E-state index < -0.39 is 0 Å². The van der Waals surface area contributed by atoms with Crippen molar-refractivity contribution in [2.45, 2.75) is 11.3 Å². The molecule has 1 saturated heterocycles. The third kappa shape index (κ3) is 4.46. The number of para-hydroxylation sites is 2. The Labute approximate surface area is 182 Å². The number of nitrogens with zero attached hydrogens (tertiary/aromatic N) is 2. The first-order valence-corrected chi connectivity index (χ1v) is 14.2. The molecule has 2 aromatic carbocycles. The summed E-state index contributed by atoms with van der Waals surface area (Å²) in [7, 11) is -0.442. The first kappa shape index (κ1) is 19.8.